The number of pyridine rings is 1. The first-order chi connectivity index (χ1) is 11.2. The van der Waals surface area contributed by atoms with Crippen LogP contribution in [0.4, 0.5) is 5.82 Å². The summed E-state index contributed by atoms with van der Waals surface area (Å²) in [4.78, 5) is 21.7. The maximum absolute atomic E-state index is 12.8. The number of piperidine rings is 1. The van der Waals surface area contributed by atoms with Gasteiger partial charge in [0.2, 0.25) is 0 Å². The van der Waals surface area contributed by atoms with Gasteiger partial charge in [-0.1, -0.05) is 20.8 Å². The Balaban J connectivity index is 2.19. The topological polar surface area (TPSA) is 36.4 Å². The summed E-state index contributed by atoms with van der Waals surface area (Å²) in [6, 6.07) is 4.41. The van der Waals surface area contributed by atoms with Gasteiger partial charge in [-0.05, 0) is 50.7 Å². The number of hydrogen-bond acceptors (Lipinski definition) is 3. The number of amides is 1. The van der Waals surface area contributed by atoms with Crippen LogP contribution in [0.3, 0.4) is 0 Å². The molecule has 4 nitrogen and oxygen atoms in total. The molecule has 0 aliphatic carbocycles. The van der Waals surface area contributed by atoms with Crippen molar-refractivity contribution in [2.75, 3.05) is 24.5 Å². The van der Waals surface area contributed by atoms with Gasteiger partial charge in [0.1, 0.15) is 5.82 Å². The van der Waals surface area contributed by atoms with Gasteiger partial charge in [0, 0.05) is 37.4 Å². The fourth-order valence-electron chi connectivity index (χ4n) is 3.47. The van der Waals surface area contributed by atoms with E-state index in [-0.39, 0.29) is 5.91 Å². The molecular formula is C19H31N3O. The quantitative estimate of drug-likeness (QED) is 0.759. The van der Waals surface area contributed by atoms with Gasteiger partial charge in [0.15, 0.2) is 0 Å². The van der Waals surface area contributed by atoms with E-state index in [1.54, 1.807) is 6.20 Å². The van der Waals surface area contributed by atoms with Gasteiger partial charge in [0.05, 0.1) is 0 Å². The second kappa shape index (κ2) is 8.90. The second-order valence-electron chi connectivity index (χ2n) is 6.45. The highest BCUT2D eigenvalue weighted by molar-refractivity contribution is 5.94. The van der Waals surface area contributed by atoms with E-state index in [0.717, 1.165) is 50.3 Å². The third-order valence-corrected chi connectivity index (χ3v) is 4.66. The zero-order valence-corrected chi connectivity index (χ0v) is 14.9. The second-order valence-corrected chi connectivity index (χ2v) is 6.45. The average Bonchev–Trinajstić information content (AvgIpc) is 2.61. The summed E-state index contributed by atoms with van der Waals surface area (Å²) >= 11 is 0. The lowest BCUT2D eigenvalue weighted by molar-refractivity contribution is 0.0755. The molecule has 1 atom stereocenters. The first kappa shape index (κ1) is 17.8. The van der Waals surface area contributed by atoms with E-state index in [1.807, 2.05) is 17.0 Å². The number of aromatic nitrogens is 1. The maximum Gasteiger partial charge on any atom is 0.254 e. The Bertz CT molecular complexity index is 497. The van der Waals surface area contributed by atoms with Gasteiger partial charge in [-0.2, -0.15) is 0 Å². The van der Waals surface area contributed by atoms with Crippen LogP contribution in [-0.2, 0) is 0 Å². The van der Waals surface area contributed by atoms with Gasteiger partial charge >= 0.3 is 0 Å². The van der Waals surface area contributed by atoms with Crippen molar-refractivity contribution in [2.24, 2.45) is 0 Å². The minimum absolute atomic E-state index is 0.141. The van der Waals surface area contributed by atoms with Crippen LogP contribution in [0.1, 0.15) is 69.7 Å². The van der Waals surface area contributed by atoms with Gasteiger partial charge in [-0.25, -0.2) is 4.98 Å². The van der Waals surface area contributed by atoms with Gasteiger partial charge < -0.3 is 9.80 Å². The minimum Gasteiger partial charge on any atom is -0.354 e. The Labute approximate surface area is 140 Å². The molecule has 128 valence electrons. The maximum atomic E-state index is 12.8. The Kier molecular flexibility index (Phi) is 6.87. The SMILES string of the molecule is CCCN(CCC)C(=O)c1ccnc(N2CCCCC2CC)c1. The van der Waals surface area contributed by atoms with Crippen molar-refractivity contribution in [3.05, 3.63) is 23.9 Å². The van der Waals surface area contributed by atoms with Crippen molar-refractivity contribution < 1.29 is 4.79 Å². The van der Waals surface area contributed by atoms with E-state index in [4.69, 9.17) is 0 Å². The molecule has 0 radical (unpaired) electrons. The van der Waals surface area contributed by atoms with Crippen LogP contribution in [0.25, 0.3) is 0 Å². The molecule has 0 saturated carbocycles. The van der Waals surface area contributed by atoms with E-state index >= 15 is 0 Å². The third-order valence-electron chi connectivity index (χ3n) is 4.66. The Morgan fingerprint density at radius 1 is 1.26 bits per heavy atom. The number of anilines is 1. The molecule has 23 heavy (non-hydrogen) atoms. The van der Waals surface area contributed by atoms with Crippen LogP contribution in [0.15, 0.2) is 18.3 Å². The molecular weight excluding hydrogens is 286 g/mol. The molecule has 2 rings (SSSR count). The summed E-state index contributed by atoms with van der Waals surface area (Å²) in [7, 11) is 0. The largest absolute Gasteiger partial charge is 0.354 e. The number of rotatable bonds is 7. The summed E-state index contributed by atoms with van der Waals surface area (Å²) in [5, 5.41) is 0. The predicted octanol–water partition coefficient (Wildman–Crippen LogP) is 4.11. The monoisotopic (exact) mass is 317 g/mol. The smallest absolute Gasteiger partial charge is 0.254 e. The van der Waals surface area contributed by atoms with E-state index in [2.05, 4.69) is 30.7 Å². The lowest BCUT2D eigenvalue weighted by Gasteiger charge is -2.36. The Morgan fingerprint density at radius 3 is 2.65 bits per heavy atom. The van der Waals surface area contributed by atoms with Gasteiger partial charge in [0.25, 0.3) is 5.91 Å². The molecule has 1 aliphatic rings. The molecule has 1 aromatic heterocycles. The molecule has 4 heteroatoms. The van der Waals surface area contributed by atoms with E-state index in [9.17, 15) is 4.79 Å². The third kappa shape index (κ3) is 4.46. The molecule has 1 saturated heterocycles. The Hall–Kier alpha value is -1.58. The zero-order valence-electron chi connectivity index (χ0n) is 14.9. The van der Waals surface area contributed by atoms with Crippen molar-refractivity contribution in [1.29, 1.82) is 0 Å². The molecule has 1 amide bonds. The lowest BCUT2D eigenvalue weighted by Crippen LogP contribution is -2.40. The molecule has 1 aromatic rings. The Morgan fingerprint density at radius 2 is 2.00 bits per heavy atom. The number of nitrogens with zero attached hydrogens (tertiary/aromatic N) is 3. The first-order valence-electron chi connectivity index (χ1n) is 9.23. The molecule has 1 aliphatic heterocycles. The highest BCUT2D eigenvalue weighted by atomic mass is 16.2. The highest BCUT2D eigenvalue weighted by Crippen LogP contribution is 2.25. The van der Waals surface area contributed by atoms with Crippen molar-refractivity contribution in [1.82, 2.24) is 9.88 Å². The lowest BCUT2D eigenvalue weighted by atomic mass is 10.00. The van der Waals surface area contributed by atoms with Crippen LogP contribution in [0, 0.1) is 0 Å². The minimum atomic E-state index is 0.141. The summed E-state index contributed by atoms with van der Waals surface area (Å²) in [6.07, 6.45) is 8.66. The molecule has 1 unspecified atom stereocenters. The molecule has 0 spiro atoms. The van der Waals surface area contributed by atoms with E-state index in [1.165, 1.54) is 19.3 Å². The highest BCUT2D eigenvalue weighted by Gasteiger charge is 2.23. The van der Waals surface area contributed by atoms with Crippen molar-refractivity contribution in [3.8, 4) is 0 Å². The molecule has 0 aromatic carbocycles. The van der Waals surface area contributed by atoms with Crippen molar-refractivity contribution in [2.45, 2.75) is 65.3 Å². The summed E-state index contributed by atoms with van der Waals surface area (Å²) in [5.41, 5.74) is 0.775. The summed E-state index contributed by atoms with van der Waals surface area (Å²) in [6.45, 7) is 9.18. The zero-order chi connectivity index (χ0) is 16.7. The van der Waals surface area contributed by atoms with Crippen molar-refractivity contribution in [3.63, 3.8) is 0 Å². The molecule has 1 fully saturated rings. The molecule has 2 heterocycles. The van der Waals surface area contributed by atoms with Gasteiger partial charge in [-0.15, -0.1) is 0 Å². The summed E-state index contributed by atoms with van der Waals surface area (Å²) in [5.74, 6) is 1.11. The fourth-order valence-corrected chi connectivity index (χ4v) is 3.47. The fraction of sp³-hybridized carbons (Fsp3) is 0.684. The number of carbonyl (C=O) groups excluding carboxylic acids is 1. The molecule has 0 bridgehead atoms. The van der Waals surface area contributed by atoms with Crippen LogP contribution < -0.4 is 4.90 Å². The number of hydrogen-bond donors (Lipinski definition) is 0. The molecule has 0 N–H and O–H groups in total. The first-order valence-corrected chi connectivity index (χ1v) is 9.23. The van der Waals surface area contributed by atoms with Crippen LogP contribution in [0.2, 0.25) is 0 Å². The predicted molar refractivity (Wildman–Crippen MR) is 96.0 cm³/mol. The van der Waals surface area contributed by atoms with Crippen LogP contribution >= 0.6 is 0 Å². The van der Waals surface area contributed by atoms with Crippen LogP contribution in [-0.4, -0.2) is 41.5 Å². The average molecular weight is 317 g/mol. The van der Waals surface area contributed by atoms with Crippen LogP contribution in [0.5, 0.6) is 0 Å². The summed E-state index contributed by atoms with van der Waals surface area (Å²) < 4.78 is 0. The van der Waals surface area contributed by atoms with E-state index < -0.39 is 0 Å². The standard InChI is InChI=1S/C19H31N3O/c1-4-12-21(13-5-2)19(23)16-10-11-20-18(15-16)22-14-8-7-9-17(22)6-3/h10-11,15,17H,4-9,12-14H2,1-3H3. The normalized spacial score (nSPS) is 18.0. The van der Waals surface area contributed by atoms with Crippen molar-refractivity contribution >= 4 is 11.7 Å². The van der Waals surface area contributed by atoms with Gasteiger partial charge in [-0.3, -0.25) is 4.79 Å². The number of carbonyl (C=O) groups is 1. The van der Waals surface area contributed by atoms with E-state index in [0.29, 0.717) is 6.04 Å².